The molecule has 0 bridgehead atoms. The number of rotatable bonds is 7. The number of halogens is 1. The van der Waals surface area contributed by atoms with Gasteiger partial charge in [0.15, 0.2) is 11.6 Å². The third kappa shape index (κ3) is 4.45. The van der Waals surface area contributed by atoms with Crippen molar-refractivity contribution in [1.82, 2.24) is 10.2 Å². The standard InChI is InChI=1S/C26H26FN3O3/c1-30(2)9-8-29-26(32)17-5-4-16-10-21-20(19(16)11-17)12-18(13-22(21)25(28)31)15-6-7-24(33-3)23(27)14-15/h4-7,11-14H,8-10H2,1-3H3,(H2,28,31)(H,29,32). The molecule has 7 heteroatoms. The molecular formula is C26H26FN3O3. The van der Waals surface area contributed by atoms with Crippen LogP contribution in [0.5, 0.6) is 5.75 Å². The number of ether oxygens (including phenoxy) is 1. The lowest BCUT2D eigenvalue weighted by Gasteiger charge is -2.12. The van der Waals surface area contributed by atoms with Gasteiger partial charge in [-0.2, -0.15) is 0 Å². The van der Waals surface area contributed by atoms with Crippen molar-refractivity contribution in [3.8, 4) is 28.0 Å². The highest BCUT2D eigenvalue weighted by atomic mass is 19.1. The number of nitrogens with two attached hydrogens (primary N) is 1. The molecule has 0 saturated carbocycles. The summed E-state index contributed by atoms with van der Waals surface area (Å²) in [5, 5.41) is 2.92. The number of carbonyl (C=O) groups is 2. The third-order valence-electron chi connectivity index (χ3n) is 5.87. The smallest absolute Gasteiger partial charge is 0.251 e. The van der Waals surface area contributed by atoms with Gasteiger partial charge in [-0.05, 0) is 90.3 Å². The summed E-state index contributed by atoms with van der Waals surface area (Å²) in [6.45, 7) is 1.28. The Hall–Kier alpha value is -3.71. The predicted octanol–water partition coefficient (Wildman–Crippen LogP) is 3.46. The van der Waals surface area contributed by atoms with E-state index in [1.54, 1.807) is 24.3 Å². The molecule has 0 unspecified atom stereocenters. The van der Waals surface area contributed by atoms with E-state index < -0.39 is 11.7 Å². The zero-order chi connectivity index (χ0) is 23.7. The monoisotopic (exact) mass is 447 g/mol. The first kappa shape index (κ1) is 22.5. The maximum atomic E-state index is 14.3. The molecule has 0 saturated heterocycles. The van der Waals surface area contributed by atoms with Crippen LogP contribution in [0.1, 0.15) is 31.8 Å². The number of carbonyl (C=O) groups excluding carboxylic acids is 2. The van der Waals surface area contributed by atoms with Gasteiger partial charge in [0.1, 0.15) is 0 Å². The molecule has 3 N–H and O–H groups in total. The van der Waals surface area contributed by atoms with Crippen LogP contribution in [-0.4, -0.2) is 51.0 Å². The van der Waals surface area contributed by atoms with Crippen molar-refractivity contribution in [2.24, 2.45) is 5.73 Å². The summed E-state index contributed by atoms with van der Waals surface area (Å²) >= 11 is 0. The SMILES string of the molecule is COc1ccc(-c2cc(C(N)=O)c3c(c2)-c2cc(C(=O)NCCN(C)C)ccc2C3)cc1F. The second-order valence-electron chi connectivity index (χ2n) is 8.37. The van der Waals surface area contributed by atoms with Gasteiger partial charge in [0.2, 0.25) is 5.91 Å². The van der Waals surface area contributed by atoms with Crippen LogP contribution in [-0.2, 0) is 6.42 Å². The Morgan fingerprint density at radius 1 is 1.06 bits per heavy atom. The summed E-state index contributed by atoms with van der Waals surface area (Å²) in [5.41, 5.74) is 11.4. The van der Waals surface area contributed by atoms with E-state index in [2.05, 4.69) is 5.32 Å². The Kier molecular flexibility index (Phi) is 6.16. The van der Waals surface area contributed by atoms with Crippen molar-refractivity contribution in [2.75, 3.05) is 34.3 Å². The number of fused-ring (bicyclic) bond motifs is 3. The van der Waals surface area contributed by atoms with E-state index in [9.17, 15) is 14.0 Å². The number of hydrogen-bond acceptors (Lipinski definition) is 4. The second-order valence-corrected chi connectivity index (χ2v) is 8.37. The zero-order valence-electron chi connectivity index (χ0n) is 18.9. The van der Waals surface area contributed by atoms with Crippen LogP contribution in [0.15, 0.2) is 48.5 Å². The van der Waals surface area contributed by atoms with Crippen LogP contribution in [0, 0.1) is 5.82 Å². The van der Waals surface area contributed by atoms with Gasteiger partial charge >= 0.3 is 0 Å². The third-order valence-corrected chi connectivity index (χ3v) is 5.87. The van der Waals surface area contributed by atoms with Crippen LogP contribution in [0.25, 0.3) is 22.3 Å². The maximum absolute atomic E-state index is 14.3. The molecule has 0 aliphatic heterocycles. The van der Waals surface area contributed by atoms with E-state index >= 15 is 0 Å². The molecule has 0 fully saturated rings. The highest BCUT2D eigenvalue weighted by Gasteiger charge is 2.25. The van der Waals surface area contributed by atoms with Crippen LogP contribution < -0.4 is 15.8 Å². The van der Waals surface area contributed by atoms with Crippen molar-refractivity contribution in [1.29, 1.82) is 0 Å². The Labute approximate surface area is 192 Å². The Balaban J connectivity index is 1.75. The number of nitrogens with zero attached hydrogens (tertiary/aromatic N) is 1. The van der Waals surface area contributed by atoms with Gasteiger partial charge in [0.25, 0.3) is 5.91 Å². The van der Waals surface area contributed by atoms with Gasteiger partial charge in [0.05, 0.1) is 7.11 Å². The minimum Gasteiger partial charge on any atom is -0.494 e. The summed E-state index contributed by atoms with van der Waals surface area (Å²) in [6, 6.07) is 13.8. The molecule has 0 atom stereocenters. The van der Waals surface area contributed by atoms with Crippen molar-refractivity contribution >= 4 is 11.8 Å². The molecule has 0 spiro atoms. The van der Waals surface area contributed by atoms with Gasteiger partial charge in [-0.15, -0.1) is 0 Å². The van der Waals surface area contributed by atoms with E-state index in [1.807, 2.05) is 37.2 Å². The van der Waals surface area contributed by atoms with Gasteiger partial charge in [0, 0.05) is 24.2 Å². The molecule has 6 nitrogen and oxygen atoms in total. The maximum Gasteiger partial charge on any atom is 0.251 e. The van der Waals surface area contributed by atoms with Crippen LogP contribution in [0.4, 0.5) is 4.39 Å². The first-order valence-corrected chi connectivity index (χ1v) is 10.7. The summed E-state index contributed by atoms with van der Waals surface area (Å²) < 4.78 is 19.3. The molecule has 3 aromatic rings. The molecular weight excluding hydrogens is 421 g/mol. The molecule has 2 amide bonds. The minimum absolute atomic E-state index is 0.144. The quantitative estimate of drug-likeness (QED) is 0.454. The second kappa shape index (κ2) is 9.03. The number of amides is 2. The largest absolute Gasteiger partial charge is 0.494 e. The molecule has 1 aliphatic rings. The normalized spacial score (nSPS) is 11.8. The average Bonchev–Trinajstić information content (AvgIpc) is 3.15. The van der Waals surface area contributed by atoms with Crippen molar-refractivity contribution in [2.45, 2.75) is 6.42 Å². The Morgan fingerprint density at radius 2 is 1.85 bits per heavy atom. The van der Waals surface area contributed by atoms with Gasteiger partial charge in [-0.25, -0.2) is 4.39 Å². The fourth-order valence-corrected chi connectivity index (χ4v) is 4.14. The van der Waals surface area contributed by atoms with Gasteiger partial charge < -0.3 is 20.7 Å². The van der Waals surface area contributed by atoms with Gasteiger partial charge in [-0.3, -0.25) is 9.59 Å². The molecule has 170 valence electrons. The Morgan fingerprint density at radius 3 is 2.52 bits per heavy atom. The molecule has 4 rings (SSSR count). The number of likely N-dealkylation sites (N-methyl/N-ethyl adjacent to an activating group) is 1. The summed E-state index contributed by atoms with van der Waals surface area (Å²) in [6.07, 6.45) is 0.544. The number of nitrogens with one attached hydrogen (secondary N) is 1. The van der Waals surface area contributed by atoms with Crippen LogP contribution in [0.3, 0.4) is 0 Å². The summed E-state index contributed by atoms with van der Waals surface area (Å²) in [4.78, 5) is 26.9. The van der Waals surface area contributed by atoms with E-state index in [1.165, 1.54) is 13.2 Å². The zero-order valence-corrected chi connectivity index (χ0v) is 18.9. The lowest BCUT2D eigenvalue weighted by Crippen LogP contribution is -2.31. The van der Waals surface area contributed by atoms with E-state index in [0.29, 0.717) is 35.2 Å². The molecule has 0 heterocycles. The highest BCUT2D eigenvalue weighted by molar-refractivity contribution is 6.01. The molecule has 3 aromatic carbocycles. The van der Waals surface area contributed by atoms with Crippen molar-refractivity contribution in [3.05, 3.63) is 76.6 Å². The van der Waals surface area contributed by atoms with E-state index in [0.717, 1.165) is 28.8 Å². The fourth-order valence-electron chi connectivity index (χ4n) is 4.14. The van der Waals surface area contributed by atoms with Crippen molar-refractivity contribution in [3.63, 3.8) is 0 Å². The fraction of sp³-hybridized carbons (Fsp3) is 0.231. The topological polar surface area (TPSA) is 84.7 Å². The molecule has 0 radical (unpaired) electrons. The molecule has 0 aromatic heterocycles. The van der Waals surface area contributed by atoms with Crippen LogP contribution >= 0.6 is 0 Å². The first-order chi connectivity index (χ1) is 15.8. The number of methoxy groups -OCH3 is 1. The average molecular weight is 448 g/mol. The number of primary amides is 1. The lowest BCUT2D eigenvalue weighted by molar-refractivity contribution is 0.0949. The minimum atomic E-state index is -0.545. The van der Waals surface area contributed by atoms with E-state index in [4.69, 9.17) is 10.5 Å². The highest BCUT2D eigenvalue weighted by Crippen LogP contribution is 2.42. The number of hydrogen-bond donors (Lipinski definition) is 2. The molecule has 1 aliphatic carbocycles. The Bertz CT molecular complexity index is 1250. The van der Waals surface area contributed by atoms with Gasteiger partial charge in [-0.1, -0.05) is 12.1 Å². The number of benzene rings is 3. The van der Waals surface area contributed by atoms with Crippen molar-refractivity contribution < 1.29 is 18.7 Å². The first-order valence-electron chi connectivity index (χ1n) is 10.7. The predicted molar refractivity (Wildman–Crippen MR) is 126 cm³/mol. The van der Waals surface area contributed by atoms with E-state index in [-0.39, 0.29) is 11.7 Å². The lowest BCUT2D eigenvalue weighted by atomic mass is 9.93. The van der Waals surface area contributed by atoms with Crippen LogP contribution in [0.2, 0.25) is 0 Å². The summed E-state index contributed by atoms with van der Waals surface area (Å²) in [5.74, 6) is -1.05. The summed E-state index contributed by atoms with van der Waals surface area (Å²) in [7, 11) is 5.30. The molecule has 33 heavy (non-hydrogen) atoms.